The number of carbonyl (C=O) groups is 1. The van der Waals surface area contributed by atoms with Crippen LogP contribution in [0.5, 0.6) is 5.75 Å². The van der Waals surface area contributed by atoms with Crippen LogP contribution < -0.4 is 15.6 Å². The number of carbonyl (C=O) groups excluding carboxylic acids is 1. The Kier molecular flexibility index (Phi) is 4.99. The number of rotatable bonds is 4. The molecule has 130 valence electrons. The Morgan fingerprint density at radius 3 is 2.44 bits per heavy atom. The van der Waals surface area contributed by atoms with Crippen LogP contribution in [0.15, 0.2) is 34.7 Å². The van der Waals surface area contributed by atoms with E-state index in [-0.39, 0.29) is 15.8 Å². The van der Waals surface area contributed by atoms with Crippen molar-refractivity contribution in [3.8, 4) is 5.75 Å². The number of amides is 1. The zero-order valence-corrected chi connectivity index (χ0v) is 15.5. The van der Waals surface area contributed by atoms with E-state index in [2.05, 4.69) is 10.9 Å². The Balaban J connectivity index is 1.85. The maximum Gasteiger partial charge on any atom is 0.305 e. The van der Waals surface area contributed by atoms with E-state index in [1.165, 1.54) is 12.1 Å². The number of furan rings is 1. The Morgan fingerprint density at radius 2 is 1.80 bits per heavy atom. The minimum Gasteiger partial charge on any atom is -0.497 e. The number of aryl methyl sites for hydroxylation is 1. The second kappa shape index (κ2) is 7.04. The topological polar surface area (TPSA) is 63.5 Å². The molecule has 1 heterocycles. The van der Waals surface area contributed by atoms with E-state index < -0.39 is 5.91 Å². The third-order valence-corrected chi connectivity index (χ3v) is 4.47. The van der Waals surface area contributed by atoms with E-state index >= 15 is 0 Å². The first-order chi connectivity index (χ1) is 11.9. The molecule has 2 N–H and O–H groups in total. The molecule has 0 aliphatic heterocycles. The zero-order valence-electron chi connectivity index (χ0n) is 13.2. The highest BCUT2D eigenvalue weighted by Crippen LogP contribution is 2.33. The van der Waals surface area contributed by atoms with E-state index in [0.717, 1.165) is 5.39 Å². The average Bonchev–Trinajstić information content (AvgIpc) is 2.90. The van der Waals surface area contributed by atoms with Gasteiger partial charge in [-0.05, 0) is 37.3 Å². The fourth-order valence-electron chi connectivity index (χ4n) is 2.38. The molecule has 5 nitrogen and oxygen atoms in total. The van der Waals surface area contributed by atoms with Crippen LogP contribution in [0.3, 0.4) is 0 Å². The number of methoxy groups -OCH3 is 1. The Morgan fingerprint density at radius 1 is 1.12 bits per heavy atom. The molecular formula is C17H13Cl3N2O3. The summed E-state index contributed by atoms with van der Waals surface area (Å²) in [5, 5.41) is 1.76. The predicted molar refractivity (Wildman–Crippen MR) is 100 cm³/mol. The summed E-state index contributed by atoms with van der Waals surface area (Å²) >= 11 is 18.0. The molecule has 0 unspecified atom stereocenters. The van der Waals surface area contributed by atoms with Gasteiger partial charge in [0.2, 0.25) is 0 Å². The molecule has 0 radical (unpaired) electrons. The third kappa shape index (κ3) is 3.49. The quantitative estimate of drug-likeness (QED) is 0.571. The summed E-state index contributed by atoms with van der Waals surface area (Å²) in [5.41, 5.74) is 6.84. The van der Waals surface area contributed by atoms with E-state index in [9.17, 15) is 4.79 Å². The summed E-state index contributed by atoms with van der Waals surface area (Å²) in [6.45, 7) is 1.79. The minimum atomic E-state index is -0.463. The summed E-state index contributed by atoms with van der Waals surface area (Å²) in [4.78, 5) is 12.4. The van der Waals surface area contributed by atoms with Gasteiger partial charge in [-0.2, -0.15) is 0 Å². The molecule has 8 heteroatoms. The van der Waals surface area contributed by atoms with Gasteiger partial charge in [-0.15, -0.1) is 0 Å². The van der Waals surface area contributed by atoms with Crippen molar-refractivity contribution in [1.29, 1.82) is 0 Å². The van der Waals surface area contributed by atoms with Crippen LogP contribution in [0.4, 0.5) is 5.69 Å². The molecule has 3 rings (SSSR count). The van der Waals surface area contributed by atoms with E-state index in [1.807, 2.05) is 6.07 Å². The number of hydrogen-bond acceptors (Lipinski definition) is 4. The van der Waals surface area contributed by atoms with Crippen molar-refractivity contribution in [3.63, 3.8) is 0 Å². The molecule has 25 heavy (non-hydrogen) atoms. The van der Waals surface area contributed by atoms with Crippen LogP contribution in [0.2, 0.25) is 15.1 Å². The van der Waals surface area contributed by atoms with Crippen LogP contribution in [0.25, 0.3) is 11.0 Å². The van der Waals surface area contributed by atoms with Crippen molar-refractivity contribution in [2.75, 3.05) is 12.5 Å². The largest absolute Gasteiger partial charge is 0.497 e. The number of hydrogen-bond donors (Lipinski definition) is 2. The lowest BCUT2D eigenvalue weighted by molar-refractivity contribution is 0.0936. The number of nitrogens with one attached hydrogen (secondary N) is 2. The second-order valence-corrected chi connectivity index (χ2v) is 6.49. The summed E-state index contributed by atoms with van der Waals surface area (Å²) < 4.78 is 10.8. The van der Waals surface area contributed by atoms with Gasteiger partial charge in [0.05, 0.1) is 22.8 Å². The Hall–Kier alpha value is -2.08. The molecule has 2 aromatic carbocycles. The summed E-state index contributed by atoms with van der Waals surface area (Å²) in [6, 6.07) is 8.35. The first kappa shape index (κ1) is 17.7. The number of ether oxygens (including phenoxy) is 1. The average molecular weight is 400 g/mol. The van der Waals surface area contributed by atoms with E-state index in [0.29, 0.717) is 27.6 Å². The molecule has 1 amide bonds. The second-order valence-electron chi connectivity index (χ2n) is 5.24. The van der Waals surface area contributed by atoms with E-state index in [1.54, 1.807) is 26.2 Å². The van der Waals surface area contributed by atoms with Crippen LogP contribution in [0, 0.1) is 6.92 Å². The van der Waals surface area contributed by atoms with Crippen molar-refractivity contribution in [3.05, 3.63) is 56.7 Å². The number of hydrazine groups is 1. The number of halogens is 3. The van der Waals surface area contributed by atoms with Crippen molar-refractivity contribution >= 4 is 57.4 Å². The van der Waals surface area contributed by atoms with Crippen LogP contribution in [-0.4, -0.2) is 13.0 Å². The normalized spacial score (nSPS) is 10.8. The first-order valence-corrected chi connectivity index (χ1v) is 8.32. The smallest absolute Gasteiger partial charge is 0.305 e. The highest BCUT2D eigenvalue weighted by Gasteiger charge is 2.19. The van der Waals surface area contributed by atoms with Crippen molar-refractivity contribution in [2.45, 2.75) is 6.92 Å². The monoisotopic (exact) mass is 398 g/mol. The van der Waals surface area contributed by atoms with Crippen molar-refractivity contribution in [1.82, 2.24) is 5.43 Å². The highest BCUT2D eigenvalue weighted by molar-refractivity contribution is 6.41. The van der Waals surface area contributed by atoms with Gasteiger partial charge in [0.15, 0.2) is 5.76 Å². The third-order valence-electron chi connectivity index (χ3n) is 3.66. The van der Waals surface area contributed by atoms with Gasteiger partial charge >= 0.3 is 5.91 Å². The van der Waals surface area contributed by atoms with Crippen molar-refractivity contribution < 1.29 is 13.9 Å². The Labute approximate surface area is 158 Å². The zero-order chi connectivity index (χ0) is 18.1. The molecule has 3 aromatic rings. The van der Waals surface area contributed by atoms with Gasteiger partial charge in [-0.3, -0.25) is 15.6 Å². The molecule has 0 saturated heterocycles. The first-order valence-electron chi connectivity index (χ1n) is 7.18. The molecule has 0 saturated carbocycles. The van der Waals surface area contributed by atoms with Gasteiger partial charge in [0, 0.05) is 16.0 Å². The maximum atomic E-state index is 12.4. The summed E-state index contributed by atoms with van der Waals surface area (Å²) in [6.07, 6.45) is 0. The maximum absolute atomic E-state index is 12.4. The summed E-state index contributed by atoms with van der Waals surface area (Å²) in [7, 11) is 1.58. The van der Waals surface area contributed by atoms with Gasteiger partial charge < -0.3 is 9.15 Å². The van der Waals surface area contributed by atoms with E-state index in [4.69, 9.17) is 44.0 Å². The van der Waals surface area contributed by atoms with Crippen LogP contribution >= 0.6 is 34.8 Å². The molecule has 0 spiro atoms. The van der Waals surface area contributed by atoms with Crippen LogP contribution in [0.1, 0.15) is 16.1 Å². The lowest BCUT2D eigenvalue weighted by Gasteiger charge is -2.11. The lowest BCUT2D eigenvalue weighted by atomic mass is 10.1. The van der Waals surface area contributed by atoms with Crippen LogP contribution in [-0.2, 0) is 0 Å². The standard InChI is InChI=1S/C17H13Cl3N2O3/c1-8-11-7-10(24-2)3-4-14(11)25-16(8)17(23)22-21-15-12(19)5-9(18)6-13(15)20/h3-7,21H,1-2H3,(H,22,23). The molecule has 0 atom stereocenters. The Bertz CT molecular complexity index is 946. The molecule has 0 aliphatic carbocycles. The van der Waals surface area contributed by atoms with Gasteiger partial charge in [0.1, 0.15) is 11.3 Å². The number of benzene rings is 2. The minimum absolute atomic E-state index is 0.178. The fraction of sp³-hybridized carbons (Fsp3) is 0.118. The number of fused-ring (bicyclic) bond motifs is 1. The highest BCUT2D eigenvalue weighted by atomic mass is 35.5. The van der Waals surface area contributed by atoms with Crippen molar-refractivity contribution in [2.24, 2.45) is 0 Å². The molecule has 0 aliphatic rings. The molecule has 1 aromatic heterocycles. The van der Waals surface area contributed by atoms with Gasteiger partial charge in [-0.25, -0.2) is 0 Å². The molecule has 0 bridgehead atoms. The fourth-order valence-corrected chi connectivity index (χ4v) is 3.29. The predicted octanol–water partition coefficient (Wildman–Crippen LogP) is 5.47. The van der Waals surface area contributed by atoms with Gasteiger partial charge in [0.25, 0.3) is 0 Å². The van der Waals surface area contributed by atoms with Gasteiger partial charge in [-0.1, -0.05) is 34.8 Å². The lowest BCUT2D eigenvalue weighted by Crippen LogP contribution is -2.29. The SMILES string of the molecule is COc1ccc2oc(C(=O)NNc3c(Cl)cc(Cl)cc3Cl)c(C)c2c1. The molecular weight excluding hydrogens is 387 g/mol. The molecule has 0 fully saturated rings. The summed E-state index contributed by atoms with van der Waals surface area (Å²) in [5.74, 6) is 0.396. The number of anilines is 1.